The van der Waals surface area contributed by atoms with E-state index in [0.717, 1.165) is 12.8 Å². The molecule has 0 aromatic heterocycles. The number of amides is 3. The van der Waals surface area contributed by atoms with E-state index in [2.05, 4.69) is 29.1 Å². The molecule has 0 aliphatic carbocycles. The molecule has 1 unspecified atom stereocenters. The SMILES string of the molecule is C=CCCC(=O)N(C)[C@@H](C)[C@@H](OC(=O)[C@H]1[C@@H]2O[C@@]3(CC2Br)[C@@H]1C(=O)N(CCO)[C@@H]3C(=O)N(CC=C)CCCC)c1ccccc1. The van der Waals surface area contributed by atoms with Gasteiger partial charge in [-0.15, -0.1) is 13.2 Å². The van der Waals surface area contributed by atoms with Gasteiger partial charge in [-0.2, -0.15) is 0 Å². The number of aliphatic hydroxyl groups is 1. The molecule has 0 saturated carbocycles. The van der Waals surface area contributed by atoms with Crippen molar-refractivity contribution in [2.24, 2.45) is 11.8 Å². The molecule has 10 nitrogen and oxygen atoms in total. The highest BCUT2D eigenvalue weighted by Crippen LogP contribution is 2.60. The van der Waals surface area contributed by atoms with Crippen molar-refractivity contribution in [2.45, 2.75) is 80.7 Å². The van der Waals surface area contributed by atoms with E-state index in [0.29, 0.717) is 31.5 Å². The number of halogens is 1. The standard InChI is InChI=1S/C34H46BrN3O7/c1-6-9-16-25(40)36(5)22(4)28(23-14-12-11-13-15-23)44-33(43)26-27-31(41)38(19-20-39)30(34(27)21-24(35)29(26)45-34)32(42)37(17-8-3)18-10-7-2/h6,8,11-15,22,24,26-30,39H,1,3,7,9-10,16-21H2,2,4-5H3/t22-,24?,26+,27-,28+,29+,30+,34-/m0/s1. The Labute approximate surface area is 274 Å². The van der Waals surface area contributed by atoms with E-state index in [1.165, 1.54) is 4.90 Å². The Morgan fingerprint density at radius 3 is 2.58 bits per heavy atom. The lowest BCUT2D eigenvalue weighted by Gasteiger charge is -2.37. The number of hydrogen-bond acceptors (Lipinski definition) is 7. The van der Waals surface area contributed by atoms with Gasteiger partial charge in [0.1, 0.15) is 17.7 Å². The minimum absolute atomic E-state index is 0.0623. The topological polar surface area (TPSA) is 117 Å². The number of rotatable bonds is 16. The van der Waals surface area contributed by atoms with Gasteiger partial charge in [-0.3, -0.25) is 19.2 Å². The number of carbonyl (C=O) groups is 4. The number of likely N-dealkylation sites (N-methyl/N-ethyl adjacent to an activating group) is 1. The summed E-state index contributed by atoms with van der Waals surface area (Å²) in [5.41, 5.74) is -0.553. The molecule has 45 heavy (non-hydrogen) atoms. The Hall–Kier alpha value is -3.02. The Morgan fingerprint density at radius 2 is 1.96 bits per heavy atom. The molecule has 3 aliphatic heterocycles. The maximum atomic E-state index is 14.3. The maximum Gasteiger partial charge on any atom is 0.313 e. The minimum Gasteiger partial charge on any atom is -0.455 e. The van der Waals surface area contributed by atoms with E-state index in [1.807, 2.05) is 44.2 Å². The molecule has 1 aromatic rings. The van der Waals surface area contributed by atoms with Crippen LogP contribution in [0.25, 0.3) is 0 Å². The molecular weight excluding hydrogens is 642 g/mol. The van der Waals surface area contributed by atoms with Crippen LogP contribution in [-0.2, 0) is 28.7 Å². The van der Waals surface area contributed by atoms with Gasteiger partial charge in [0.15, 0.2) is 0 Å². The van der Waals surface area contributed by atoms with E-state index >= 15 is 0 Å². The quantitative estimate of drug-likeness (QED) is 0.160. The lowest BCUT2D eigenvalue weighted by molar-refractivity contribution is -0.164. The van der Waals surface area contributed by atoms with Crippen molar-refractivity contribution in [1.29, 1.82) is 0 Å². The van der Waals surface area contributed by atoms with Gasteiger partial charge in [-0.05, 0) is 31.7 Å². The van der Waals surface area contributed by atoms with Crippen LogP contribution in [0.4, 0.5) is 0 Å². The third-order valence-electron chi connectivity index (χ3n) is 9.45. The molecule has 1 aromatic carbocycles. The van der Waals surface area contributed by atoms with Crippen LogP contribution >= 0.6 is 15.9 Å². The van der Waals surface area contributed by atoms with Gasteiger partial charge in [-0.1, -0.05) is 71.8 Å². The summed E-state index contributed by atoms with van der Waals surface area (Å²) in [7, 11) is 1.68. The number of carbonyl (C=O) groups excluding carboxylic acids is 4. The normalized spacial score (nSPS) is 27.9. The summed E-state index contributed by atoms with van der Waals surface area (Å²) >= 11 is 3.69. The molecule has 8 atom stereocenters. The highest BCUT2D eigenvalue weighted by Gasteiger charge is 2.77. The number of fused-ring (bicyclic) bond motifs is 1. The number of aliphatic hydroxyl groups excluding tert-OH is 1. The Bertz CT molecular complexity index is 1260. The number of benzene rings is 1. The zero-order valence-corrected chi connectivity index (χ0v) is 28.1. The average Bonchev–Trinajstić information content (AvgIpc) is 3.63. The second-order valence-electron chi connectivity index (χ2n) is 12.2. The molecule has 3 heterocycles. The predicted molar refractivity (Wildman–Crippen MR) is 173 cm³/mol. The smallest absolute Gasteiger partial charge is 0.313 e. The van der Waals surface area contributed by atoms with Crippen LogP contribution in [-0.4, -0.2) is 105 Å². The van der Waals surface area contributed by atoms with Crippen LogP contribution in [0.3, 0.4) is 0 Å². The molecule has 2 bridgehead atoms. The van der Waals surface area contributed by atoms with Crippen molar-refractivity contribution < 1.29 is 33.8 Å². The molecular formula is C34H46BrN3O7. The number of likely N-dealkylation sites (tertiary alicyclic amines) is 1. The molecule has 1 spiro atoms. The Morgan fingerprint density at radius 1 is 1.24 bits per heavy atom. The second-order valence-corrected chi connectivity index (χ2v) is 13.4. The van der Waals surface area contributed by atoms with Gasteiger partial charge in [0.2, 0.25) is 17.7 Å². The van der Waals surface area contributed by atoms with Gasteiger partial charge in [0, 0.05) is 37.9 Å². The number of ether oxygens (including phenoxy) is 2. The number of esters is 1. The molecule has 1 N–H and O–H groups in total. The highest BCUT2D eigenvalue weighted by molar-refractivity contribution is 9.09. The van der Waals surface area contributed by atoms with Gasteiger partial charge in [0.05, 0.1) is 30.6 Å². The zero-order chi connectivity index (χ0) is 32.9. The summed E-state index contributed by atoms with van der Waals surface area (Å²) in [5, 5.41) is 9.93. The Kier molecular flexibility index (Phi) is 11.7. The lowest BCUT2D eigenvalue weighted by atomic mass is 9.70. The number of β-amino-alcohol motifs (C(OH)–C–C–N with tert-alkyl or cyclic N) is 1. The summed E-state index contributed by atoms with van der Waals surface area (Å²) in [6.45, 7) is 11.8. The number of hydrogen-bond donors (Lipinski definition) is 1. The zero-order valence-electron chi connectivity index (χ0n) is 26.5. The minimum atomic E-state index is -1.26. The van der Waals surface area contributed by atoms with Crippen LogP contribution in [0, 0.1) is 11.8 Å². The van der Waals surface area contributed by atoms with Crippen molar-refractivity contribution in [3.8, 4) is 0 Å². The van der Waals surface area contributed by atoms with Crippen molar-refractivity contribution in [1.82, 2.24) is 14.7 Å². The summed E-state index contributed by atoms with van der Waals surface area (Å²) < 4.78 is 12.8. The van der Waals surface area contributed by atoms with Crippen LogP contribution in [0.15, 0.2) is 55.6 Å². The predicted octanol–water partition coefficient (Wildman–Crippen LogP) is 3.64. The fourth-order valence-electron chi connectivity index (χ4n) is 7.12. The second kappa shape index (κ2) is 15.0. The van der Waals surface area contributed by atoms with E-state index < -0.39 is 53.6 Å². The first kappa shape index (κ1) is 34.8. The number of nitrogens with zero attached hydrogens (tertiary/aromatic N) is 3. The largest absolute Gasteiger partial charge is 0.455 e. The summed E-state index contributed by atoms with van der Waals surface area (Å²) in [6, 6.07) is 7.69. The first-order valence-corrected chi connectivity index (χ1v) is 16.7. The van der Waals surface area contributed by atoms with Crippen molar-refractivity contribution in [2.75, 3.05) is 33.3 Å². The lowest BCUT2D eigenvalue weighted by Crippen LogP contribution is -2.57. The summed E-state index contributed by atoms with van der Waals surface area (Å²) in [6.07, 6.45) is 4.64. The number of alkyl halides is 1. The fraction of sp³-hybridized carbons (Fsp3) is 0.588. The molecule has 0 radical (unpaired) electrons. The molecule has 3 amide bonds. The highest BCUT2D eigenvalue weighted by atomic mass is 79.9. The van der Waals surface area contributed by atoms with Gasteiger partial charge in [0.25, 0.3) is 0 Å². The van der Waals surface area contributed by atoms with E-state index in [1.54, 1.807) is 29.0 Å². The Balaban J connectivity index is 1.68. The van der Waals surface area contributed by atoms with Crippen molar-refractivity contribution in [3.63, 3.8) is 0 Å². The van der Waals surface area contributed by atoms with Crippen LogP contribution in [0.5, 0.6) is 0 Å². The van der Waals surface area contributed by atoms with E-state index in [-0.39, 0.29) is 36.2 Å². The molecule has 246 valence electrons. The van der Waals surface area contributed by atoms with Crippen molar-refractivity contribution in [3.05, 3.63) is 61.2 Å². The monoisotopic (exact) mass is 687 g/mol. The molecule has 3 saturated heterocycles. The molecule has 4 rings (SSSR count). The summed E-state index contributed by atoms with van der Waals surface area (Å²) in [4.78, 5) is 59.9. The van der Waals surface area contributed by atoms with Gasteiger partial charge < -0.3 is 29.3 Å². The number of allylic oxidation sites excluding steroid dienone is 1. The third-order valence-corrected chi connectivity index (χ3v) is 10.3. The molecule has 3 fully saturated rings. The van der Waals surface area contributed by atoms with Crippen LogP contribution in [0.1, 0.15) is 57.6 Å². The molecule has 11 heteroatoms. The van der Waals surface area contributed by atoms with Crippen LogP contribution in [0.2, 0.25) is 0 Å². The number of unbranched alkanes of at least 4 members (excludes halogenated alkanes) is 1. The fourth-order valence-corrected chi connectivity index (χ4v) is 8.06. The third kappa shape index (κ3) is 6.62. The van der Waals surface area contributed by atoms with E-state index in [4.69, 9.17) is 9.47 Å². The maximum absolute atomic E-state index is 14.3. The van der Waals surface area contributed by atoms with Crippen LogP contribution < -0.4 is 0 Å². The van der Waals surface area contributed by atoms with E-state index in [9.17, 15) is 24.3 Å². The summed E-state index contributed by atoms with van der Waals surface area (Å²) in [5.74, 6) is -3.36. The first-order valence-electron chi connectivity index (χ1n) is 15.8. The van der Waals surface area contributed by atoms with Gasteiger partial charge >= 0.3 is 5.97 Å². The first-order chi connectivity index (χ1) is 21.6. The van der Waals surface area contributed by atoms with Crippen molar-refractivity contribution >= 4 is 39.6 Å². The molecule has 3 aliphatic rings. The van der Waals surface area contributed by atoms with Gasteiger partial charge in [-0.25, -0.2) is 0 Å². The average molecular weight is 689 g/mol.